The molecular formula is C3H8NNa. The van der Waals surface area contributed by atoms with Crippen molar-refractivity contribution in [2.75, 3.05) is 6.54 Å². The number of hydrogen-bond donors (Lipinski definition) is 1. The molecular weight excluding hydrogens is 73.0 g/mol. The summed E-state index contributed by atoms with van der Waals surface area (Å²) < 4.78 is 0. The molecule has 26 valence electrons. The SMILES string of the molecule is CC1CN1.[H-].[Na+]. The molecule has 1 unspecified atom stereocenters. The Labute approximate surface area is 55.9 Å². The van der Waals surface area contributed by atoms with Crippen LogP contribution in [0.25, 0.3) is 0 Å². The fourth-order valence-corrected chi connectivity index (χ4v) is 0.118. The zero-order chi connectivity index (χ0) is 2.99. The van der Waals surface area contributed by atoms with Gasteiger partial charge in [0.05, 0.1) is 0 Å². The monoisotopic (exact) mass is 81.1 g/mol. The van der Waals surface area contributed by atoms with Crippen molar-refractivity contribution in [3.05, 3.63) is 0 Å². The molecule has 0 amide bonds. The van der Waals surface area contributed by atoms with Gasteiger partial charge in [0.1, 0.15) is 0 Å². The average Bonchev–Trinajstić information content (AvgIpc) is 1.75. The van der Waals surface area contributed by atoms with Crippen LogP contribution in [0.3, 0.4) is 0 Å². The molecule has 0 aliphatic carbocycles. The molecule has 0 saturated carbocycles. The van der Waals surface area contributed by atoms with Gasteiger partial charge in [-0.25, -0.2) is 0 Å². The molecule has 1 fully saturated rings. The van der Waals surface area contributed by atoms with Crippen LogP contribution in [0, 0.1) is 0 Å². The first-order valence-corrected chi connectivity index (χ1v) is 1.63. The molecule has 1 rings (SSSR count). The van der Waals surface area contributed by atoms with E-state index in [9.17, 15) is 0 Å². The predicted molar refractivity (Wildman–Crippen MR) is 18.6 cm³/mol. The molecule has 1 nitrogen and oxygen atoms in total. The van der Waals surface area contributed by atoms with Crippen LogP contribution in [0.4, 0.5) is 0 Å². The quantitative estimate of drug-likeness (QED) is 0.245. The second-order valence-electron chi connectivity index (χ2n) is 1.31. The minimum absolute atomic E-state index is 0. The summed E-state index contributed by atoms with van der Waals surface area (Å²) in [5, 5.41) is 3.10. The second-order valence-corrected chi connectivity index (χ2v) is 1.31. The van der Waals surface area contributed by atoms with Crippen LogP contribution in [0.5, 0.6) is 0 Å². The number of nitrogens with one attached hydrogen (secondary N) is 1. The molecule has 0 radical (unpaired) electrons. The summed E-state index contributed by atoms with van der Waals surface area (Å²) in [5.41, 5.74) is 0. The zero-order valence-corrected chi connectivity index (χ0v) is 5.78. The van der Waals surface area contributed by atoms with Crippen molar-refractivity contribution in [3.63, 3.8) is 0 Å². The molecule has 1 heterocycles. The van der Waals surface area contributed by atoms with Crippen LogP contribution in [-0.2, 0) is 0 Å². The minimum atomic E-state index is 0. The van der Waals surface area contributed by atoms with E-state index in [1.165, 1.54) is 6.54 Å². The Bertz CT molecular complexity index is 30.0. The third-order valence-electron chi connectivity index (χ3n) is 0.612. The average molecular weight is 81.1 g/mol. The van der Waals surface area contributed by atoms with E-state index >= 15 is 0 Å². The van der Waals surface area contributed by atoms with Gasteiger partial charge >= 0.3 is 29.6 Å². The molecule has 0 aromatic heterocycles. The van der Waals surface area contributed by atoms with Gasteiger partial charge in [-0.3, -0.25) is 0 Å². The van der Waals surface area contributed by atoms with E-state index in [0.29, 0.717) is 0 Å². The molecule has 1 N–H and O–H groups in total. The largest absolute Gasteiger partial charge is 1.00 e. The summed E-state index contributed by atoms with van der Waals surface area (Å²) in [7, 11) is 0. The Morgan fingerprint density at radius 2 is 2.20 bits per heavy atom. The van der Waals surface area contributed by atoms with Gasteiger partial charge in [0.25, 0.3) is 0 Å². The summed E-state index contributed by atoms with van der Waals surface area (Å²) in [5.74, 6) is 0. The number of hydrogen-bond acceptors (Lipinski definition) is 1. The fraction of sp³-hybridized carbons (Fsp3) is 1.00. The summed E-state index contributed by atoms with van der Waals surface area (Å²) in [6.07, 6.45) is 0. The van der Waals surface area contributed by atoms with Crippen molar-refractivity contribution >= 4 is 0 Å². The van der Waals surface area contributed by atoms with Gasteiger partial charge in [-0.2, -0.15) is 0 Å². The van der Waals surface area contributed by atoms with Crippen LogP contribution in [0.2, 0.25) is 0 Å². The van der Waals surface area contributed by atoms with Crippen LogP contribution in [0.1, 0.15) is 8.35 Å². The smallest absolute Gasteiger partial charge is 1.00 e. The first kappa shape index (κ1) is 5.96. The molecule has 1 saturated heterocycles. The van der Waals surface area contributed by atoms with Crippen molar-refractivity contribution in [1.29, 1.82) is 0 Å². The van der Waals surface area contributed by atoms with Gasteiger partial charge in [0, 0.05) is 12.6 Å². The maximum Gasteiger partial charge on any atom is 1.00 e. The predicted octanol–water partition coefficient (Wildman–Crippen LogP) is -2.91. The Morgan fingerprint density at radius 3 is 2.20 bits per heavy atom. The Kier molecular flexibility index (Phi) is 2.61. The van der Waals surface area contributed by atoms with Crippen molar-refractivity contribution in [2.45, 2.75) is 13.0 Å². The maximum atomic E-state index is 3.10. The molecule has 1 aliphatic rings. The topological polar surface area (TPSA) is 21.9 Å². The Balaban J connectivity index is 0. The van der Waals surface area contributed by atoms with Crippen LogP contribution in [-0.4, -0.2) is 12.6 Å². The molecule has 0 spiro atoms. The van der Waals surface area contributed by atoms with Crippen LogP contribution < -0.4 is 34.9 Å². The van der Waals surface area contributed by atoms with Gasteiger partial charge in [-0.05, 0) is 6.92 Å². The third-order valence-corrected chi connectivity index (χ3v) is 0.612. The van der Waals surface area contributed by atoms with E-state index in [-0.39, 0.29) is 31.0 Å². The van der Waals surface area contributed by atoms with Crippen LogP contribution >= 0.6 is 0 Å². The molecule has 0 bridgehead atoms. The van der Waals surface area contributed by atoms with E-state index in [2.05, 4.69) is 12.2 Å². The van der Waals surface area contributed by atoms with Gasteiger partial charge in [0.15, 0.2) is 0 Å². The van der Waals surface area contributed by atoms with Gasteiger partial charge in [0.2, 0.25) is 0 Å². The Morgan fingerprint density at radius 1 is 2.00 bits per heavy atom. The van der Waals surface area contributed by atoms with Gasteiger partial charge in [-0.15, -0.1) is 0 Å². The minimum Gasteiger partial charge on any atom is -1.00 e. The second kappa shape index (κ2) is 2.19. The van der Waals surface area contributed by atoms with E-state index in [0.717, 1.165) is 6.04 Å². The van der Waals surface area contributed by atoms with Crippen molar-refractivity contribution in [3.8, 4) is 0 Å². The van der Waals surface area contributed by atoms with Crippen LogP contribution in [0.15, 0.2) is 0 Å². The first-order valence-electron chi connectivity index (χ1n) is 1.63. The molecule has 0 aromatic rings. The summed E-state index contributed by atoms with van der Waals surface area (Å²) in [4.78, 5) is 0. The first-order chi connectivity index (χ1) is 1.89. The third kappa shape index (κ3) is 2.77. The zero-order valence-electron chi connectivity index (χ0n) is 4.78. The molecule has 1 atom stereocenters. The summed E-state index contributed by atoms with van der Waals surface area (Å²) in [6.45, 7) is 3.40. The molecule has 0 aromatic carbocycles. The summed E-state index contributed by atoms with van der Waals surface area (Å²) in [6, 6.07) is 0.833. The normalized spacial score (nSPS) is 31.8. The van der Waals surface area contributed by atoms with Crippen molar-refractivity contribution in [2.24, 2.45) is 0 Å². The van der Waals surface area contributed by atoms with E-state index < -0.39 is 0 Å². The van der Waals surface area contributed by atoms with Gasteiger partial charge < -0.3 is 6.74 Å². The van der Waals surface area contributed by atoms with E-state index in [1.807, 2.05) is 0 Å². The van der Waals surface area contributed by atoms with E-state index in [1.54, 1.807) is 0 Å². The fourth-order valence-electron chi connectivity index (χ4n) is 0.118. The summed E-state index contributed by atoms with van der Waals surface area (Å²) >= 11 is 0. The molecule has 2 heteroatoms. The number of rotatable bonds is 0. The molecule has 1 aliphatic heterocycles. The Hall–Kier alpha value is 0.960. The molecule has 5 heavy (non-hydrogen) atoms. The van der Waals surface area contributed by atoms with E-state index in [4.69, 9.17) is 0 Å². The van der Waals surface area contributed by atoms with Crippen molar-refractivity contribution < 1.29 is 31.0 Å². The van der Waals surface area contributed by atoms with Gasteiger partial charge in [-0.1, -0.05) is 0 Å². The van der Waals surface area contributed by atoms with Crippen molar-refractivity contribution in [1.82, 2.24) is 5.32 Å². The maximum absolute atomic E-state index is 3.10. The standard InChI is InChI=1S/C3H7N.Na.H/c1-3-2-4-3;;/h3-4H,2H2,1H3;;/q;+1;-1.